The molecule has 1 aromatic heterocycles. The standard InChI is InChI=1S/C17H17F4N3O4S/c1-9-7-24(14(29-9)22-13(26)23-15(2,3)8-25)10-4-5-11-12(6-10)28-17(20,21)16(18,19)27-11/h4-7,25H,8H2,1-3H3,(H,23,26)/b22-14-. The number of thiazole rings is 1. The highest BCUT2D eigenvalue weighted by molar-refractivity contribution is 7.09. The molecule has 0 saturated carbocycles. The van der Waals surface area contributed by atoms with E-state index in [0.717, 1.165) is 28.3 Å². The number of hydrogen-bond acceptors (Lipinski definition) is 5. The number of ether oxygens (including phenoxy) is 2. The van der Waals surface area contributed by atoms with E-state index in [2.05, 4.69) is 19.8 Å². The highest BCUT2D eigenvalue weighted by Crippen LogP contribution is 2.47. The van der Waals surface area contributed by atoms with Gasteiger partial charge in [-0.05, 0) is 32.9 Å². The number of alkyl halides is 4. The molecule has 0 atom stereocenters. The Hall–Kier alpha value is -2.60. The summed E-state index contributed by atoms with van der Waals surface area (Å²) in [5.41, 5.74) is -0.656. The summed E-state index contributed by atoms with van der Waals surface area (Å²) in [5.74, 6) is -1.12. The van der Waals surface area contributed by atoms with E-state index in [1.54, 1.807) is 27.0 Å². The summed E-state index contributed by atoms with van der Waals surface area (Å²) in [6.45, 7) is 4.64. The molecule has 0 spiro atoms. The summed E-state index contributed by atoms with van der Waals surface area (Å²) in [7, 11) is 0. The smallest absolute Gasteiger partial charge is 0.421 e. The molecule has 2 amide bonds. The van der Waals surface area contributed by atoms with Crippen LogP contribution in [0.15, 0.2) is 29.4 Å². The van der Waals surface area contributed by atoms with Crippen LogP contribution in [0.2, 0.25) is 0 Å². The van der Waals surface area contributed by atoms with Gasteiger partial charge in [0.2, 0.25) is 0 Å². The van der Waals surface area contributed by atoms with Gasteiger partial charge in [-0.15, -0.1) is 11.3 Å². The van der Waals surface area contributed by atoms with Crippen LogP contribution >= 0.6 is 11.3 Å². The summed E-state index contributed by atoms with van der Waals surface area (Å²) in [6, 6.07) is 2.76. The maximum Gasteiger partial charge on any atom is 0.507 e. The first-order valence-corrected chi connectivity index (χ1v) is 9.10. The predicted molar refractivity (Wildman–Crippen MR) is 94.8 cm³/mol. The Balaban J connectivity index is 2.00. The number of fused-ring (bicyclic) bond motifs is 1. The van der Waals surface area contributed by atoms with E-state index < -0.39 is 35.3 Å². The van der Waals surface area contributed by atoms with Crippen molar-refractivity contribution < 1.29 is 36.9 Å². The molecule has 1 aliphatic heterocycles. The van der Waals surface area contributed by atoms with Crippen LogP contribution in [-0.2, 0) is 0 Å². The number of nitrogens with one attached hydrogen (secondary N) is 1. The largest absolute Gasteiger partial charge is 0.507 e. The zero-order valence-electron chi connectivity index (χ0n) is 15.5. The van der Waals surface area contributed by atoms with E-state index in [4.69, 9.17) is 0 Å². The molecule has 1 aliphatic rings. The molecule has 12 heteroatoms. The number of amides is 2. The van der Waals surface area contributed by atoms with Crippen molar-refractivity contribution in [3.63, 3.8) is 0 Å². The molecular formula is C17H17F4N3O4S. The molecule has 0 aliphatic carbocycles. The van der Waals surface area contributed by atoms with Crippen LogP contribution in [-0.4, -0.2) is 40.1 Å². The van der Waals surface area contributed by atoms with Crippen LogP contribution in [0.3, 0.4) is 0 Å². The molecule has 7 nitrogen and oxygen atoms in total. The van der Waals surface area contributed by atoms with Crippen LogP contribution in [0.1, 0.15) is 18.7 Å². The third-order valence-corrected chi connectivity index (χ3v) is 4.73. The SMILES string of the molecule is Cc1cn(-c2ccc3c(c2)OC(F)(F)C(F)(F)O3)/c(=N/C(=O)NC(C)(C)CO)s1. The van der Waals surface area contributed by atoms with E-state index >= 15 is 0 Å². The molecule has 0 fully saturated rings. The zero-order chi connectivity index (χ0) is 21.6. The van der Waals surface area contributed by atoms with Gasteiger partial charge in [0.1, 0.15) is 0 Å². The van der Waals surface area contributed by atoms with Crippen LogP contribution in [0.4, 0.5) is 22.4 Å². The maximum absolute atomic E-state index is 13.4. The van der Waals surface area contributed by atoms with Gasteiger partial charge in [-0.3, -0.25) is 4.57 Å². The number of carbonyl (C=O) groups is 1. The Morgan fingerprint density at radius 3 is 2.48 bits per heavy atom. The van der Waals surface area contributed by atoms with Crippen molar-refractivity contribution in [2.45, 2.75) is 38.5 Å². The molecule has 1 aromatic carbocycles. The fourth-order valence-corrected chi connectivity index (χ4v) is 3.20. The molecule has 2 aromatic rings. The Kier molecular flexibility index (Phi) is 5.11. The quantitative estimate of drug-likeness (QED) is 0.726. The summed E-state index contributed by atoms with van der Waals surface area (Å²) in [5, 5.41) is 11.8. The van der Waals surface area contributed by atoms with Crippen molar-refractivity contribution >= 4 is 17.4 Å². The Morgan fingerprint density at radius 1 is 1.24 bits per heavy atom. The first-order chi connectivity index (χ1) is 13.3. The van der Waals surface area contributed by atoms with E-state index in [-0.39, 0.29) is 17.1 Å². The lowest BCUT2D eigenvalue weighted by atomic mass is 10.1. The second kappa shape index (κ2) is 7.02. The first-order valence-electron chi connectivity index (χ1n) is 8.28. The number of aliphatic hydroxyl groups is 1. The lowest BCUT2D eigenvalue weighted by Gasteiger charge is -2.31. The minimum absolute atomic E-state index is 0.197. The zero-order valence-corrected chi connectivity index (χ0v) is 16.3. The number of benzene rings is 1. The Bertz CT molecular complexity index is 1020. The molecule has 3 rings (SSSR count). The van der Waals surface area contributed by atoms with Crippen LogP contribution < -0.4 is 19.6 Å². The van der Waals surface area contributed by atoms with Crippen molar-refractivity contribution in [2.75, 3.05) is 6.61 Å². The van der Waals surface area contributed by atoms with Crippen LogP contribution in [0, 0.1) is 6.92 Å². The van der Waals surface area contributed by atoms with Gasteiger partial charge in [0.05, 0.1) is 17.8 Å². The summed E-state index contributed by atoms with van der Waals surface area (Å²) >= 11 is 1.14. The summed E-state index contributed by atoms with van der Waals surface area (Å²) in [6.07, 6.45) is -8.05. The lowest BCUT2D eigenvalue weighted by Crippen LogP contribution is -2.52. The number of halogens is 4. The third-order valence-electron chi connectivity index (χ3n) is 3.83. The number of nitrogens with zero attached hydrogens (tertiary/aromatic N) is 2. The van der Waals surface area contributed by atoms with E-state index in [0.29, 0.717) is 0 Å². The van der Waals surface area contributed by atoms with Crippen molar-refractivity contribution in [1.29, 1.82) is 0 Å². The van der Waals surface area contributed by atoms with Gasteiger partial charge in [0.25, 0.3) is 0 Å². The van der Waals surface area contributed by atoms with Gasteiger partial charge in [-0.1, -0.05) is 0 Å². The highest BCUT2D eigenvalue weighted by atomic mass is 32.1. The van der Waals surface area contributed by atoms with Crippen LogP contribution in [0.5, 0.6) is 11.5 Å². The number of urea groups is 1. The van der Waals surface area contributed by atoms with E-state index in [1.807, 2.05) is 0 Å². The fourth-order valence-electron chi connectivity index (χ4n) is 2.37. The minimum atomic E-state index is -4.84. The molecule has 158 valence electrons. The number of hydrogen-bond donors (Lipinski definition) is 2. The van der Waals surface area contributed by atoms with E-state index in [9.17, 15) is 27.5 Å². The minimum Gasteiger partial charge on any atom is -0.421 e. The molecule has 0 bridgehead atoms. The third kappa shape index (κ3) is 4.22. The average Bonchev–Trinajstić information content (AvgIpc) is 2.94. The van der Waals surface area contributed by atoms with Crippen molar-refractivity contribution in [3.05, 3.63) is 34.1 Å². The predicted octanol–water partition coefficient (Wildman–Crippen LogP) is 3.19. The van der Waals surface area contributed by atoms with Gasteiger partial charge < -0.3 is 19.9 Å². The van der Waals surface area contributed by atoms with Crippen molar-refractivity contribution in [1.82, 2.24) is 9.88 Å². The number of rotatable bonds is 3. The fraction of sp³-hybridized carbons (Fsp3) is 0.412. The van der Waals surface area contributed by atoms with Gasteiger partial charge in [0, 0.05) is 17.1 Å². The van der Waals surface area contributed by atoms with Crippen LogP contribution in [0.25, 0.3) is 5.69 Å². The normalized spacial score (nSPS) is 17.9. The molecule has 29 heavy (non-hydrogen) atoms. The monoisotopic (exact) mass is 435 g/mol. The first kappa shape index (κ1) is 21.1. The van der Waals surface area contributed by atoms with Gasteiger partial charge in [-0.2, -0.15) is 22.6 Å². The number of aliphatic hydroxyl groups excluding tert-OH is 1. The lowest BCUT2D eigenvalue weighted by molar-refractivity contribution is -0.391. The second-order valence-corrected chi connectivity index (χ2v) is 8.16. The summed E-state index contributed by atoms with van der Waals surface area (Å²) in [4.78, 5) is 17.0. The number of carbonyl (C=O) groups excluding carboxylic acids is 1. The second-order valence-electron chi connectivity index (χ2n) is 6.95. The van der Waals surface area contributed by atoms with Gasteiger partial charge in [-0.25, -0.2) is 4.79 Å². The average molecular weight is 435 g/mol. The number of aromatic nitrogens is 1. The molecule has 0 radical (unpaired) electrons. The Labute approximate surface area is 166 Å². The highest BCUT2D eigenvalue weighted by Gasteiger charge is 2.65. The molecule has 0 unspecified atom stereocenters. The number of aryl methyl sites for hydroxylation is 1. The topological polar surface area (TPSA) is 85.1 Å². The van der Waals surface area contributed by atoms with Gasteiger partial charge in [0.15, 0.2) is 16.3 Å². The molecule has 2 heterocycles. The molecular weight excluding hydrogens is 418 g/mol. The van der Waals surface area contributed by atoms with Crippen molar-refractivity contribution in [2.24, 2.45) is 4.99 Å². The Morgan fingerprint density at radius 2 is 1.86 bits per heavy atom. The van der Waals surface area contributed by atoms with Crippen molar-refractivity contribution in [3.8, 4) is 17.2 Å². The maximum atomic E-state index is 13.4. The summed E-state index contributed by atoms with van der Waals surface area (Å²) < 4.78 is 63.1. The molecule has 0 saturated heterocycles. The molecule has 2 N–H and O–H groups in total. The van der Waals surface area contributed by atoms with Gasteiger partial charge >= 0.3 is 18.2 Å². The van der Waals surface area contributed by atoms with E-state index in [1.165, 1.54) is 10.6 Å².